The maximum atomic E-state index is 12.5. The SMILES string of the molecule is O=c1c(Cl)c(N2CCC2)cnn1-c1ccc(C(F)(F)F)cn1. The van der Waals surface area contributed by atoms with E-state index in [2.05, 4.69) is 10.1 Å². The van der Waals surface area contributed by atoms with E-state index in [1.807, 2.05) is 4.90 Å². The summed E-state index contributed by atoms with van der Waals surface area (Å²) >= 11 is 6.04. The molecule has 5 nitrogen and oxygen atoms in total. The molecule has 3 heterocycles. The monoisotopic (exact) mass is 330 g/mol. The van der Waals surface area contributed by atoms with Crippen LogP contribution in [0, 0.1) is 0 Å². The molecule has 0 saturated carbocycles. The summed E-state index contributed by atoms with van der Waals surface area (Å²) in [6.45, 7) is 1.59. The number of rotatable bonds is 2. The lowest BCUT2D eigenvalue weighted by molar-refractivity contribution is -0.137. The first-order valence-electron chi connectivity index (χ1n) is 6.44. The molecule has 3 rings (SSSR count). The van der Waals surface area contributed by atoms with Crippen LogP contribution < -0.4 is 10.5 Å². The second kappa shape index (κ2) is 5.28. The molecule has 0 aromatic carbocycles. The third kappa shape index (κ3) is 2.54. The lowest BCUT2D eigenvalue weighted by Gasteiger charge is -2.33. The number of hydrogen-bond donors (Lipinski definition) is 0. The summed E-state index contributed by atoms with van der Waals surface area (Å²) in [6.07, 6.45) is -1.40. The molecule has 0 unspecified atom stereocenters. The highest BCUT2D eigenvalue weighted by molar-refractivity contribution is 6.33. The van der Waals surface area contributed by atoms with Crippen LogP contribution in [0.25, 0.3) is 5.82 Å². The Morgan fingerprint density at radius 3 is 2.41 bits per heavy atom. The Labute approximate surface area is 128 Å². The summed E-state index contributed by atoms with van der Waals surface area (Å²) < 4.78 is 38.4. The predicted octanol–water partition coefficient (Wildman–Crippen LogP) is 2.51. The molecule has 2 aromatic heterocycles. The quantitative estimate of drug-likeness (QED) is 0.849. The lowest BCUT2D eigenvalue weighted by atomic mass is 10.2. The molecule has 2 aromatic rings. The van der Waals surface area contributed by atoms with Crippen LogP contribution >= 0.6 is 11.6 Å². The fourth-order valence-corrected chi connectivity index (χ4v) is 2.29. The average Bonchev–Trinajstić information content (AvgIpc) is 2.41. The van der Waals surface area contributed by atoms with Crippen molar-refractivity contribution in [1.29, 1.82) is 0 Å². The zero-order chi connectivity index (χ0) is 15.9. The number of halogens is 4. The van der Waals surface area contributed by atoms with Gasteiger partial charge in [-0.3, -0.25) is 4.79 Å². The van der Waals surface area contributed by atoms with Crippen molar-refractivity contribution >= 4 is 17.3 Å². The highest BCUT2D eigenvalue weighted by atomic mass is 35.5. The van der Waals surface area contributed by atoms with Crippen LogP contribution in [0.3, 0.4) is 0 Å². The van der Waals surface area contributed by atoms with Crippen molar-refractivity contribution in [1.82, 2.24) is 14.8 Å². The molecule has 0 spiro atoms. The smallest absolute Gasteiger partial charge is 0.369 e. The fourth-order valence-electron chi connectivity index (χ4n) is 2.04. The van der Waals surface area contributed by atoms with Gasteiger partial charge in [-0.05, 0) is 18.6 Å². The van der Waals surface area contributed by atoms with E-state index in [0.717, 1.165) is 36.3 Å². The van der Waals surface area contributed by atoms with Gasteiger partial charge < -0.3 is 4.90 Å². The Morgan fingerprint density at radius 1 is 1.18 bits per heavy atom. The summed E-state index contributed by atoms with van der Waals surface area (Å²) in [5.41, 5.74) is -0.980. The molecule has 0 radical (unpaired) electrons. The zero-order valence-electron chi connectivity index (χ0n) is 11.1. The van der Waals surface area contributed by atoms with Crippen molar-refractivity contribution < 1.29 is 13.2 Å². The fraction of sp³-hybridized carbons (Fsp3) is 0.308. The van der Waals surface area contributed by atoms with Gasteiger partial charge in [0.25, 0.3) is 5.56 Å². The minimum absolute atomic E-state index is 0.0172. The normalized spacial score (nSPS) is 14.8. The molecule has 1 fully saturated rings. The van der Waals surface area contributed by atoms with Gasteiger partial charge >= 0.3 is 6.18 Å². The Balaban J connectivity index is 1.98. The van der Waals surface area contributed by atoms with E-state index in [-0.39, 0.29) is 10.8 Å². The van der Waals surface area contributed by atoms with E-state index in [1.165, 1.54) is 6.20 Å². The number of anilines is 1. The molecule has 0 bridgehead atoms. The summed E-state index contributed by atoms with van der Waals surface area (Å²) in [6, 6.07) is 1.92. The molecule has 22 heavy (non-hydrogen) atoms. The summed E-state index contributed by atoms with van der Waals surface area (Å²) in [5.74, 6) is -0.0185. The van der Waals surface area contributed by atoms with Gasteiger partial charge in [0.15, 0.2) is 5.82 Å². The maximum Gasteiger partial charge on any atom is 0.417 e. The molecule has 9 heteroatoms. The van der Waals surface area contributed by atoms with Crippen LogP contribution in [0.1, 0.15) is 12.0 Å². The van der Waals surface area contributed by atoms with Gasteiger partial charge in [-0.25, -0.2) is 4.98 Å². The zero-order valence-corrected chi connectivity index (χ0v) is 11.9. The van der Waals surface area contributed by atoms with Gasteiger partial charge in [-0.15, -0.1) is 0 Å². The van der Waals surface area contributed by atoms with Crippen LogP contribution in [0.2, 0.25) is 5.02 Å². The first-order valence-corrected chi connectivity index (χ1v) is 6.82. The van der Waals surface area contributed by atoms with E-state index >= 15 is 0 Å². The van der Waals surface area contributed by atoms with E-state index in [0.29, 0.717) is 11.9 Å². The highest BCUT2D eigenvalue weighted by Gasteiger charge is 2.31. The van der Waals surface area contributed by atoms with Gasteiger partial charge in [0.2, 0.25) is 0 Å². The molecule has 0 aliphatic carbocycles. The predicted molar refractivity (Wildman–Crippen MR) is 74.5 cm³/mol. The van der Waals surface area contributed by atoms with Crippen LogP contribution in [0.15, 0.2) is 29.3 Å². The van der Waals surface area contributed by atoms with Gasteiger partial charge in [-0.1, -0.05) is 11.6 Å². The first kappa shape index (κ1) is 14.8. The molecular formula is C13H10ClF3N4O. The van der Waals surface area contributed by atoms with Crippen molar-refractivity contribution in [3.63, 3.8) is 0 Å². The second-order valence-electron chi connectivity index (χ2n) is 4.80. The van der Waals surface area contributed by atoms with Gasteiger partial charge in [-0.2, -0.15) is 23.0 Å². The third-order valence-corrected chi connectivity index (χ3v) is 3.74. The molecule has 0 N–H and O–H groups in total. The van der Waals surface area contributed by atoms with Crippen LogP contribution in [-0.4, -0.2) is 27.9 Å². The largest absolute Gasteiger partial charge is 0.417 e. The van der Waals surface area contributed by atoms with E-state index in [9.17, 15) is 18.0 Å². The van der Waals surface area contributed by atoms with E-state index in [1.54, 1.807) is 0 Å². The Hall–Kier alpha value is -2.09. The number of nitrogens with zero attached hydrogens (tertiary/aromatic N) is 4. The van der Waals surface area contributed by atoms with E-state index < -0.39 is 17.3 Å². The van der Waals surface area contributed by atoms with Crippen molar-refractivity contribution in [3.8, 4) is 5.82 Å². The number of hydrogen-bond acceptors (Lipinski definition) is 4. The molecule has 1 saturated heterocycles. The molecule has 116 valence electrons. The Morgan fingerprint density at radius 2 is 1.91 bits per heavy atom. The van der Waals surface area contributed by atoms with Crippen molar-refractivity contribution in [2.75, 3.05) is 18.0 Å². The van der Waals surface area contributed by atoms with Crippen LogP contribution in [0.5, 0.6) is 0 Å². The molecular weight excluding hydrogens is 321 g/mol. The molecule has 0 amide bonds. The summed E-state index contributed by atoms with van der Waals surface area (Å²) in [7, 11) is 0. The lowest BCUT2D eigenvalue weighted by Crippen LogP contribution is -2.39. The minimum atomic E-state index is -4.48. The minimum Gasteiger partial charge on any atom is -0.369 e. The van der Waals surface area contributed by atoms with Gasteiger partial charge in [0.05, 0.1) is 17.4 Å². The topological polar surface area (TPSA) is 51.0 Å². The third-order valence-electron chi connectivity index (χ3n) is 3.39. The Kier molecular flexibility index (Phi) is 3.56. The Bertz CT molecular complexity index is 753. The number of pyridine rings is 1. The summed E-state index contributed by atoms with van der Waals surface area (Å²) in [4.78, 5) is 17.7. The number of alkyl halides is 3. The standard InChI is InChI=1S/C13H10ClF3N4O/c14-11-9(20-4-1-5-20)7-19-21(12(11)22)10-3-2-8(6-18-10)13(15,16)17/h2-3,6-7H,1,4-5H2. The molecule has 0 atom stereocenters. The molecule has 1 aliphatic heterocycles. The van der Waals surface area contributed by atoms with Crippen molar-refractivity contribution in [2.45, 2.75) is 12.6 Å². The van der Waals surface area contributed by atoms with Crippen LogP contribution in [0.4, 0.5) is 18.9 Å². The first-order chi connectivity index (χ1) is 10.4. The van der Waals surface area contributed by atoms with E-state index in [4.69, 9.17) is 11.6 Å². The van der Waals surface area contributed by atoms with Gasteiger partial charge in [0.1, 0.15) is 5.02 Å². The van der Waals surface area contributed by atoms with Crippen molar-refractivity contribution in [3.05, 3.63) is 45.5 Å². The second-order valence-corrected chi connectivity index (χ2v) is 5.18. The highest BCUT2D eigenvalue weighted by Crippen LogP contribution is 2.29. The van der Waals surface area contributed by atoms with Gasteiger partial charge in [0, 0.05) is 19.3 Å². The summed E-state index contributed by atoms with van der Waals surface area (Å²) in [5, 5.41) is 3.92. The van der Waals surface area contributed by atoms with Crippen LogP contribution in [-0.2, 0) is 6.18 Å². The van der Waals surface area contributed by atoms with Crippen molar-refractivity contribution in [2.24, 2.45) is 0 Å². The molecule has 1 aliphatic rings. The average molecular weight is 331 g/mol. The maximum absolute atomic E-state index is 12.5. The number of aromatic nitrogens is 3.